The van der Waals surface area contributed by atoms with Crippen LogP contribution in [0.15, 0.2) is 47.6 Å². The topological polar surface area (TPSA) is 78.1 Å². The van der Waals surface area contributed by atoms with E-state index in [9.17, 15) is 4.79 Å². The number of carbonyl (C=O) groups excluding carboxylic acids is 1. The van der Waals surface area contributed by atoms with Crippen LogP contribution in [0.3, 0.4) is 0 Å². The van der Waals surface area contributed by atoms with Crippen molar-refractivity contribution >= 4 is 17.7 Å². The van der Waals surface area contributed by atoms with Crippen LogP contribution in [0, 0.1) is 32.1 Å². The number of rotatable bonds is 6. The predicted octanol–water partition coefficient (Wildman–Crippen LogP) is 3.89. The Kier molecular flexibility index (Phi) is 7.66. The van der Waals surface area contributed by atoms with Crippen LogP contribution >= 0.6 is 11.8 Å². The van der Waals surface area contributed by atoms with Gasteiger partial charge in [0.2, 0.25) is 5.91 Å². The van der Waals surface area contributed by atoms with Crippen molar-refractivity contribution in [2.45, 2.75) is 38.9 Å². The number of hydrogen-bond donors (Lipinski definition) is 0. The molecule has 1 aromatic heterocycles. The Hall–Kier alpha value is -3.15. The molecule has 176 valence electrons. The molecule has 1 amide bonds. The zero-order chi connectivity index (χ0) is 24.1. The second-order valence-electron chi connectivity index (χ2n) is 8.76. The van der Waals surface area contributed by atoms with Crippen LogP contribution in [0.2, 0.25) is 0 Å². The largest absolute Gasteiger partial charge is 0.341 e. The first-order valence-electron chi connectivity index (χ1n) is 11.6. The van der Waals surface area contributed by atoms with Crippen LogP contribution in [0.4, 0.5) is 0 Å². The molecular weight excluding hydrogens is 444 g/mol. The molecule has 0 radical (unpaired) electrons. The second kappa shape index (κ2) is 10.9. The summed E-state index contributed by atoms with van der Waals surface area (Å²) in [6, 6.07) is 16.2. The Morgan fingerprint density at radius 2 is 1.82 bits per heavy atom. The van der Waals surface area contributed by atoms with E-state index in [4.69, 9.17) is 5.26 Å². The van der Waals surface area contributed by atoms with Gasteiger partial charge in [0.25, 0.3) is 0 Å². The Morgan fingerprint density at radius 3 is 2.59 bits per heavy atom. The third kappa shape index (κ3) is 5.66. The van der Waals surface area contributed by atoms with Crippen molar-refractivity contribution in [1.29, 1.82) is 5.26 Å². The molecular formula is C26H30N6OS. The van der Waals surface area contributed by atoms with E-state index in [0.29, 0.717) is 11.3 Å². The van der Waals surface area contributed by atoms with Crippen LogP contribution in [-0.2, 0) is 11.3 Å². The van der Waals surface area contributed by atoms with E-state index in [1.807, 2.05) is 40.7 Å². The lowest BCUT2D eigenvalue weighted by molar-refractivity contribution is -0.128. The smallest absolute Gasteiger partial charge is 0.233 e. The van der Waals surface area contributed by atoms with E-state index in [1.54, 1.807) is 0 Å². The van der Waals surface area contributed by atoms with E-state index in [-0.39, 0.29) is 5.91 Å². The summed E-state index contributed by atoms with van der Waals surface area (Å²) in [7, 11) is 0. The number of thioether (sulfide) groups is 1. The minimum Gasteiger partial charge on any atom is -0.341 e. The molecule has 0 bridgehead atoms. The molecule has 1 saturated heterocycles. The van der Waals surface area contributed by atoms with Crippen molar-refractivity contribution in [3.05, 3.63) is 70.5 Å². The zero-order valence-electron chi connectivity index (χ0n) is 20.0. The molecule has 0 aliphatic carbocycles. The molecule has 1 aliphatic rings. The van der Waals surface area contributed by atoms with Crippen molar-refractivity contribution < 1.29 is 4.79 Å². The fourth-order valence-electron chi connectivity index (χ4n) is 4.21. The molecule has 0 unspecified atom stereocenters. The van der Waals surface area contributed by atoms with E-state index in [1.165, 1.54) is 22.9 Å². The number of aryl methyl sites for hydroxylation is 3. The number of carbonyl (C=O) groups is 1. The molecule has 7 nitrogen and oxygen atoms in total. The van der Waals surface area contributed by atoms with Gasteiger partial charge in [0, 0.05) is 32.7 Å². The van der Waals surface area contributed by atoms with Crippen molar-refractivity contribution in [1.82, 2.24) is 24.6 Å². The fraction of sp³-hybridized carbons (Fsp3) is 0.385. The normalized spacial score (nSPS) is 14.6. The summed E-state index contributed by atoms with van der Waals surface area (Å²) in [5.74, 6) is 1.30. The standard InChI is InChI=1S/C26H30N6OS/c1-19-5-6-20(2)24(15-19)32-21(3)28-29-26(32)34-18-25(33)31-12-4-11-30(13-14-31)17-23-9-7-22(16-27)8-10-23/h5-10,15H,4,11-14,17-18H2,1-3H3. The number of amides is 1. The average Bonchev–Trinajstić information content (AvgIpc) is 3.04. The van der Waals surface area contributed by atoms with Gasteiger partial charge in [0.15, 0.2) is 5.16 Å². The van der Waals surface area contributed by atoms with Crippen molar-refractivity contribution in [3.8, 4) is 11.8 Å². The summed E-state index contributed by atoms with van der Waals surface area (Å²) in [6.45, 7) is 10.2. The second-order valence-corrected chi connectivity index (χ2v) is 9.71. The summed E-state index contributed by atoms with van der Waals surface area (Å²) in [6.07, 6.45) is 0.949. The maximum absolute atomic E-state index is 13.0. The van der Waals surface area contributed by atoms with E-state index in [0.717, 1.165) is 61.4 Å². The molecule has 34 heavy (non-hydrogen) atoms. The summed E-state index contributed by atoms with van der Waals surface area (Å²) in [5.41, 5.74) is 5.26. The highest BCUT2D eigenvalue weighted by Gasteiger charge is 2.21. The maximum Gasteiger partial charge on any atom is 0.233 e. The SMILES string of the molecule is Cc1ccc(C)c(-n2c(C)nnc2SCC(=O)N2CCCN(Cc3ccc(C#N)cc3)CC2)c1. The van der Waals surface area contributed by atoms with Gasteiger partial charge in [-0.25, -0.2) is 0 Å². The molecule has 0 atom stereocenters. The van der Waals surface area contributed by atoms with Gasteiger partial charge < -0.3 is 4.90 Å². The van der Waals surface area contributed by atoms with Crippen molar-refractivity contribution in [2.75, 3.05) is 31.9 Å². The molecule has 3 aromatic rings. The monoisotopic (exact) mass is 474 g/mol. The third-order valence-electron chi connectivity index (χ3n) is 6.16. The number of nitriles is 1. The molecule has 0 spiro atoms. The zero-order valence-corrected chi connectivity index (χ0v) is 20.8. The Labute approximate surface area is 205 Å². The lowest BCUT2D eigenvalue weighted by Gasteiger charge is -2.22. The van der Waals surface area contributed by atoms with Gasteiger partial charge in [-0.3, -0.25) is 14.3 Å². The maximum atomic E-state index is 13.0. The van der Waals surface area contributed by atoms with Crippen molar-refractivity contribution in [3.63, 3.8) is 0 Å². The molecule has 0 saturated carbocycles. The van der Waals surface area contributed by atoms with Gasteiger partial charge >= 0.3 is 0 Å². The van der Waals surface area contributed by atoms with Crippen LogP contribution in [0.25, 0.3) is 5.69 Å². The van der Waals surface area contributed by atoms with E-state index in [2.05, 4.69) is 53.2 Å². The minimum atomic E-state index is 0.137. The number of benzene rings is 2. The summed E-state index contributed by atoms with van der Waals surface area (Å²) in [4.78, 5) is 17.4. The van der Waals surface area contributed by atoms with Gasteiger partial charge in [-0.05, 0) is 62.1 Å². The van der Waals surface area contributed by atoms with Gasteiger partial charge in [0.1, 0.15) is 5.82 Å². The van der Waals surface area contributed by atoms with Gasteiger partial charge in [-0.2, -0.15) is 5.26 Å². The Bertz CT molecular complexity index is 1200. The molecule has 4 rings (SSSR count). The summed E-state index contributed by atoms with van der Waals surface area (Å²) in [5, 5.41) is 18.3. The number of aromatic nitrogens is 3. The summed E-state index contributed by atoms with van der Waals surface area (Å²) >= 11 is 1.45. The average molecular weight is 475 g/mol. The van der Waals surface area contributed by atoms with Crippen LogP contribution < -0.4 is 0 Å². The molecule has 8 heteroatoms. The van der Waals surface area contributed by atoms with Gasteiger partial charge in [-0.1, -0.05) is 36.0 Å². The minimum absolute atomic E-state index is 0.137. The highest BCUT2D eigenvalue weighted by molar-refractivity contribution is 7.99. The highest BCUT2D eigenvalue weighted by atomic mass is 32.2. The van der Waals surface area contributed by atoms with Crippen LogP contribution in [0.1, 0.15) is 34.5 Å². The number of nitrogens with zero attached hydrogens (tertiary/aromatic N) is 6. The molecule has 1 fully saturated rings. The number of hydrogen-bond acceptors (Lipinski definition) is 6. The van der Waals surface area contributed by atoms with E-state index < -0.39 is 0 Å². The third-order valence-corrected chi connectivity index (χ3v) is 7.07. The fourth-order valence-corrected chi connectivity index (χ4v) is 5.11. The molecule has 2 heterocycles. The molecule has 2 aromatic carbocycles. The Morgan fingerprint density at radius 1 is 1.03 bits per heavy atom. The first-order chi connectivity index (χ1) is 16.4. The first kappa shape index (κ1) is 24.0. The van der Waals surface area contributed by atoms with Crippen LogP contribution in [0.5, 0.6) is 0 Å². The Balaban J connectivity index is 1.35. The first-order valence-corrected chi connectivity index (χ1v) is 12.5. The highest BCUT2D eigenvalue weighted by Crippen LogP contribution is 2.25. The molecule has 0 N–H and O–H groups in total. The lowest BCUT2D eigenvalue weighted by Crippen LogP contribution is -2.36. The molecule has 1 aliphatic heterocycles. The lowest BCUT2D eigenvalue weighted by atomic mass is 10.1. The predicted molar refractivity (Wildman–Crippen MR) is 134 cm³/mol. The van der Waals surface area contributed by atoms with E-state index >= 15 is 0 Å². The van der Waals surface area contributed by atoms with Crippen LogP contribution in [-0.4, -0.2) is 62.4 Å². The van der Waals surface area contributed by atoms with Gasteiger partial charge in [0.05, 0.1) is 23.1 Å². The van der Waals surface area contributed by atoms with Crippen molar-refractivity contribution in [2.24, 2.45) is 0 Å². The summed E-state index contributed by atoms with van der Waals surface area (Å²) < 4.78 is 2.04. The quantitative estimate of drug-likeness (QED) is 0.505. The van der Waals surface area contributed by atoms with Gasteiger partial charge in [-0.15, -0.1) is 10.2 Å².